The normalized spacial score (nSPS) is 13.8. The lowest BCUT2D eigenvalue weighted by Crippen LogP contribution is -2.38. The molecule has 0 bridgehead atoms. The molecule has 2 N–H and O–H groups in total. The topological polar surface area (TPSA) is 88.4 Å². The standard InChI is InChI=1S/C17H17Cl2N5O2/c1-10-14(8-20-22-17(26)16(25)21-13-6-7-13)15(19)24(23-10)9-11-2-4-12(18)5-3-11/h2-5,8,13H,6-7,9H2,1H3,(H,21,25)(H,22,26)/b20-8-. The van der Waals surface area contributed by atoms with Crippen LogP contribution in [-0.4, -0.2) is 33.9 Å². The molecular formula is C17H17Cl2N5O2. The van der Waals surface area contributed by atoms with E-state index in [4.69, 9.17) is 23.2 Å². The zero-order chi connectivity index (χ0) is 18.7. The van der Waals surface area contributed by atoms with Crippen molar-refractivity contribution in [2.45, 2.75) is 32.4 Å². The summed E-state index contributed by atoms with van der Waals surface area (Å²) in [5, 5.41) is 11.8. The van der Waals surface area contributed by atoms with E-state index in [1.807, 2.05) is 12.1 Å². The van der Waals surface area contributed by atoms with Crippen LogP contribution in [-0.2, 0) is 16.1 Å². The van der Waals surface area contributed by atoms with Crippen LogP contribution in [0.3, 0.4) is 0 Å². The molecule has 3 rings (SSSR count). The number of hydrogen-bond donors (Lipinski definition) is 2. The molecule has 136 valence electrons. The fourth-order valence-corrected chi connectivity index (χ4v) is 2.68. The zero-order valence-electron chi connectivity index (χ0n) is 14.0. The van der Waals surface area contributed by atoms with Gasteiger partial charge in [0.15, 0.2) is 0 Å². The molecule has 7 nitrogen and oxygen atoms in total. The van der Waals surface area contributed by atoms with Crippen molar-refractivity contribution in [2.75, 3.05) is 0 Å². The fraction of sp³-hybridized carbons (Fsp3) is 0.294. The number of rotatable bonds is 5. The molecular weight excluding hydrogens is 377 g/mol. The lowest BCUT2D eigenvalue weighted by molar-refractivity contribution is -0.139. The minimum absolute atomic E-state index is 0.111. The molecule has 1 aliphatic rings. The van der Waals surface area contributed by atoms with Gasteiger partial charge in [0.05, 0.1) is 24.0 Å². The van der Waals surface area contributed by atoms with E-state index in [9.17, 15) is 9.59 Å². The highest BCUT2D eigenvalue weighted by Gasteiger charge is 2.26. The van der Waals surface area contributed by atoms with E-state index in [0.29, 0.717) is 28.0 Å². The summed E-state index contributed by atoms with van der Waals surface area (Å²) in [6.45, 7) is 2.26. The summed E-state index contributed by atoms with van der Waals surface area (Å²) >= 11 is 12.2. The number of carbonyl (C=O) groups excluding carboxylic acids is 2. The van der Waals surface area contributed by atoms with Crippen LogP contribution in [0.5, 0.6) is 0 Å². The quantitative estimate of drug-likeness (QED) is 0.463. The van der Waals surface area contributed by atoms with E-state index in [1.165, 1.54) is 6.21 Å². The molecule has 0 atom stereocenters. The minimum Gasteiger partial charge on any atom is -0.345 e. The summed E-state index contributed by atoms with van der Waals surface area (Å²) in [5.74, 6) is -1.50. The van der Waals surface area contributed by atoms with Crippen molar-refractivity contribution < 1.29 is 9.59 Å². The maximum atomic E-state index is 11.6. The second-order valence-electron chi connectivity index (χ2n) is 6.02. The van der Waals surface area contributed by atoms with Gasteiger partial charge in [0.2, 0.25) is 0 Å². The van der Waals surface area contributed by atoms with Gasteiger partial charge in [-0.2, -0.15) is 10.2 Å². The molecule has 1 saturated carbocycles. The third-order valence-electron chi connectivity index (χ3n) is 3.83. The molecule has 2 amide bonds. The number of halogens is 2. The van der Waals surface area contributed by atoms with Gasteiger partial charge in [0, 0.05) is 11.1 Å². The van der Waals surface area contributed by atoms with E-state index < -0.39 is 11.8 Å². The molecule has 0 spiro atoms. The van der Waals surface area contributed by atoms with Gasteiger partial charge < -0.3 is 5.32 Å². The smallest absolute Gasteiger partial charge is 0.329 e. The molecule has 26 heavy (non-hydrogen) atoms. The first-order valence-electron chi connectivity index (χ1n) is 8.05. The summed E-state index contributed by atoms with van der Waals surface area (Å²) < 4.78 is 1.63. The zero-order valence-corrected chi connectivity index (χ0v) is 15.5. The Bertz CT molecular complexity index is 857. The molecule has 2 aromatic rings. The number of nitrogens with zero attached hydrogens (tertiary/aromatic N) is 3. The third-order valence-corrected chi connectivity index (χ3v) is 4.48. The van der Waals surface area contributed by atoms with Crippen LogP contribution < -0.4 is 10.7 Å². The number of nitrogens with one attached hydrogen (secondary N) is 2. The second kappa shape index (κ2) is 7.88. The van der Waals surface area contributed by atoms with E-state index >= 15 is 0 Å². The number of benzene rings is 1. The summed E-state index contributed by atoms with van der Waals surface area (Å²) in [6.07, 6.45) is 3.19. The largest absolute Gasteiger partial charge is 0.345 e. The van der Waals surface area contributed by atoms with Crippen LogP contribution in [0, 0.1) is 6.92 Å². The number of carbonyl (C=O) groups is 2. The molecule has 0 saturated heterocycles. The van der Waals surface area contributed by atoms with Crippen LogP contribution in [0.4, 0.5) is 0 Å². The maximum Gasteiger partial charge on any atom is 0.329 e. The van der Waals surface area contributed by atoms with Crippen molar-refractivity contribution in [1.29, 1.82) is 0 Å². The van der Waals surface area contributed by atoms with Crippen molar-refractivity contribution in [1.82, 2.24) is 20.5 Å². The lowest BCUT2D eigenvalue weighted by Gasteiger charge is -2.03. The molecule has 1 heterocycles. The first kappa shape index (κ1) is 18.4. The van der Waals surface area contributed by atoms with Gasteiger partial charge in [-0.3, -0.25) is 9.59 Å². The van der Waals surface area contributed by atoms with Crippen molar-refractivity contribution in [3.63, 3.8) is 0 Å². The first-order chi connectivity index (χ1) is 12.4. The van der Waals surface area contributed by atoms with Crippen molar-refractivity contribution in [3.8, 4) is 0 Å². The van der Waals surface area contributed by atoms with Gasteiger partial charge in [-0.05, 0) is 37.5 Å². The van der Waals surface area contributed by atoms with Crippen molar-refractivity contribution in [2.24, 2.45) is 5.10 Å². The Hall–Kier alpha value is -2.38. The van der Waals surface area contributed by atoms with Crippen LogP contribution in [0.25, 0.3) is 0 Å². The Labute approximate surface area is 160 Å². The van der Waals surface area contributed by atoms with Gasteiger partial charge in [0.1, 0.15) is 5.15 Å². The van der Waals surface area contributed by atoms with Crippen molar-refractivity contribution >= 4 is 41.2 Å². The Morgan fingerprint density at radius 1 is 1.27 bits per heavy atom. The first-order valence-corrected chi connectivity index (χ1v) is 8.81. The number of aryl methyl sites for hydroxylation is 1. The Morgan fingerprint density at radius 2 is 1.96 bits per heavy atom. The summed E-state index contributed by atoms with van der Waals surface area (Å²) in [7, 11) is 0. The summed E-state index contributed by atoms with van der Waals surface area (Å²) in [5.41, 5.74) is 4.41. The number of hydrazone groups is 1. The number of amides is 2. The summed E-state index contributed by atoms with van der Waals surface area (Å²) in [4.78, 5) is 23.2. The predicted molar refractivity (Wildman–Crippen MR) is 99.4 cm³/mol. The molecule has 1 aromatic heterocycles. The number of aromatic nitrogens is 2. The van der Waals surface area contributed by atoms with Crippen LogP contribution in [0.1, 0.15) is 29.7 Å². The predicted octanol–water partition coefficient (Wildman–Crippen LogP) is 2.28. The Kier molecular flexibility index (Phi) is 5.58. The maximum absolute atomic E-state index is 11.6. The highest BCUT2D eigenvalue weighted by Crippen LogP contribution is 2.20. The van der Waals surface area contributed by atoms with E-state index in [1.54, 1.807) is 23.7 Å². The molecule has 1 aromatic carbocycles. The van der Waals surface area contributed by atoms with Gasteiger partial charge in [-0.25, -0.2) is 10.1 Å². The fourth-order valence-electron chi connectivity index (χ4n) is 2.27. The third kappa shape index (κ3) is 4.62. The number of hydrogen-bond acceptors (Lipinski definition) is 4. The van der Waals surface area contributed by atoms with Gasteiger partial charge in [-0.15, -0.1) is 0 Å². The van der Waals surface area contributed by atoms with E-state index in [0.717, 1.165) is 18.4 Å². The van der Waals surface area contributed by atoms with E-state index in [-0.39, 0.29) is 6.04 Å². The average molecular weight is 394 g/mol. The molecule has 1 aliphatic carbocycles. The minimum atomic E-state index is -0.810. The van der Waals surface area contributed by atoms with E-state index in [2.05, 4.69) is 20.9 Å². The molecule has 0 unspecified atom stereocenters. The molecule has 0 radical (unpaired) electrons. The van der Waals surface area contributed by atoms with Crippen LogP contribution >= 0.6 is 23.2 Å². The Morgan fingerprint density at radius 3 is 2.62 bits per heavy atom. The van der Waals surface area contributed by atoms with Crippen LogP contribution in [0.15, 0.2) is 29.4 Å². The second-order valence-corrected chi connectivity index (χ2v) is 6.82. The highest BCUT2D eigenvalue weighted by atomic mass is 35.5. The molecule has 9 heteroatoms. The molecule has 1 fully saturated rings. The van der Waals surface area contributed by atoms with Crippen LogP contribution in [0.2, 0.25) is 10.2 Å². The SMILES string of the molecule is Cc1nn(Cc2ccc(Cl)cc2)c(Cl)c1/C=N\NC(=O)C(=O)NC1CC1. The highest BCUT2D eigenvalue weighted by molar-refractivity contribution is 6.35. The summed E-state index contributed by atoms with van der Waals surface area (Å²) in [6, 6.07) is 7.49. The lowest BCUT2D eigenvalue weighted by atomic mass is 10.2. The average Bonchev–Trinajstić information content (AvgIpc) is 3.38. The van der Waals surface area contributed by atoms with Gasteiger partial charge in [0.25, 0.3) is 0 Å². The monoisotopic (exact) mass is 393 g/mol. The molecule has 0 aliphatic heterocycles. The van der Waals surface area contributed by atoms with Gasteiger partial charge >= 0.3 is 11.8 Å². The van der Waals surface area contributed by atoms with Gasteiger partial charge in [-0.1, -0.05) is 35.3 Å². The Balaban J connectivity index is 1.64. The van der Waals surface area contributed by atoms with Crippen molar-refractivity contribution in [3.05, 3.63) is 51.3 Å².